The maximum Gasteiger partial charge on any atom is 0.220 e. The lowest BCUT2D eigenvalue weighted by molar-refractivity contribution is -0.122. The van der Waals surface area contributed by atoms with Gasteiger partial charge in [-0.2, -0.15) is 5.26 Å². The van der Waals surface area contributed by atoms with Gasteiger partial charge >= 0.3 is 0 Å². The largest absolute Gasteiger partial charge is 0.378 e. The monoisotopic (exact) mass is 238 g/mol. The highest BCUT2D eigenvalue weighted by Crippen LogP contribution is 2.16. The average Bonchev–Trinajstić information content (AvgIpc) is 2.37. The minimum Gasteiger partial charge on any atom is -0.378 e. The van der Waals surface area contributed by atoms with Gasteiger partial charge in [-0.05, 0) is 32.1 Å². The third-order valence-electron chi connectivity index (χ3n) is 3.16. The van der Waals surface area contributed by atoms with Crippen LogP contribution in [0.25, 0.3) is 0 Å². The second-order valence-corrected chi connectivity index (χ2v) is 4.56. The predicted octanol–water partition coefficient (Wildman–Crippen LogP) is 2.14. The lowest BCUT2D eigenvalue weighted by Crippen LogP contribution is -2.34. The molecule has 1 heterocycles. The summed E-state index contributed by atoms with van der Waals surface area (Å²) in [6, 6.07) is 2.09. The van der Waals surface area contributed by atoms with Crippen LogP contribution in [0.5, 0.6) is 0 Å². The van der Waals surface area contributed by atoms with Crippen LogP contribution in [0.3, 0.4) is 0 Å². The van der Waals surface area contributed by atoms with Crippen molar-refractivity contribution in [2.75, 3.05) is 6.61 Å². The Balaban J connectivity index is 2.17. The van der Waals surface area contributed by atoms with E-state index in [1.165, 1.54) is 6.42 Å². The summed E-state index contributed by atoms with van der Waals surface area (Å²) >= 11 is 0. The zero-order chi connectivity index (χ0) is 12.5. The first-order valence-corrected chi connectivity index (χ1v) is 6.54. The minimum absolute atomic E-state index is 0.000209. The molecule has 0 bridgehead atoms. The van der Waals surface area contributed by atoms with Gasteiger partial charge in [0.1, 0.15) is 0 Å². The van der Waals surface area contributed by atoms with Crippen LogP contribution in [0.1, 0.15) is 51.9 Å². The molecule has 1 rings (SSSR count). The molecule has 1 saturated heterocycles. The molecule has 1 aliphatic heterocycles. The first-order valence-electron chi connectivity index (χ1n) is 6.54. The molecule has 1 aliphatic rings. The van der Waals surface area contributed by atoms with E-state index < -0.39 is 0 Å². The Labute approximate surface area is 103 Å². The molecule has 2 atom stereocenters. The van der Waals surface area contributed by atoms with E-state index in [-0.39, 0.29) is 18.1 Å². The highest BCUT2D eigenvalue weighted by molar-refractivity contribution is 5.76. The van der Waals surface area contributed by atoms with Gasteiger partial charge in [-0.15, -0.1) is 0 Å². The molecule has 0 spiro atoms. The number of ether oxygens (including phenoxy) is 1. The van der Waals surface area contributed by atoms with Gasteiger partial charge in [0, 0.05) is 19.1 Å². The topological polar surface area (TPSA) is 62.1 Å². The zero-order valence-electron chi connectivity index (χ0n) is 10.6. The van der Waals surface area contributed by atoms with Gasteiger partial charge in [-0.25, -0.2) is 0 Å². The fourth-order valence-electron chi connectivity index (χ4n) is 2.03. The van der Waals surface area contributed by atoms with Crippen LogP contribution in [-0.4, -0.2) is 24.7 Å². The summed E-state index contributed by atoms with van der Waals surface area (Å²) in [4.78, 5) is 11.7. The number of nitriles is 1. The second kappa shape index (κ2) is 8.08. The Bertz CT molecular complexity index is 267. The lowest BCUT2D eigenvalue weighted by Gasteiger charge is -2.22. The van der Waals surface area contributed by atoms with Crippen LogP contribution >= 0.6 is 0 Å². The first-order chi connectivity index (χ1) is 8.26. The van der Waals surface area contributed by atoms with E-state index in [2.05, 4.69) is 11.4 Å². The molecule has 0 aromatic carbocycles. The average molecular weight is 238 g/mol. The van der Waals surface area contributed by atoms with E-state index in [4.69, 9.17) is 10.00 Å². The van der Waals surface area contributed by atoms with Crippen molar-refractivity contribution in [3.63, 3.8) is 0 Å². The third-order valence-corrected chi connectivity index (χ3v) is 3.16. The number of hydrogen-bond acceptors (Lipinski definition) is 3. The van der Waals surface area contributed by atoms with Gasteiger partial charge < -0.3 is 10.1 Å². The summed E-state index contributed by atoms with van der Waals surface area (Å²) in [5, 5.41) is 11.5. The van der Waals surface area contributed by atoms with Crippen molar-refractivity contribution in [3.05, 3.63) is 0 Å². The fourth-order valence-corrected chi connectivity index (χ4v) is 2.03. The van der Waals surface area contributed by atoms with E-state index >= 15 is 0 Å². The standard InChI is InChI=1S/C13H22N2O2/c1-2-11(8-9-14)15-13(16)7-6-12-5-3-4-10-17-12/h11-12H,2-8,10H2,1H3,(H,15,16). The number of carbonyl (C=O) groups excluding carboxylic acids is 1. The molecule has 0 radical (unpaired) electrons. The quantitative estimate of drug-likeness (QED) is 0.771. The number of hydrogen-bond donors (Lipinski definition) is 1. The normalized spacial score (nSPS) is 21.5. The number of rotatable bonds is 6. The van der Waals surface area contributed by atoms with Crippen molar-refractivity contribution >= 4 is 5.91 Å². The van der Waals surface area contributed by atoms with Crippen LogP contribution in [0.15, 0.2) is 0 Å². The molecule has 1 fully saturated rings. The molecule has 0 aromatic rings. The Morgan fingerprint density at radius 2 is 2.41 bits per heavy atom. The van der Waals surface area contributed by atoms with Crippen molar-refractivity contribution in [1.82, 2.24) is 5.32 Å². The molecule has 2 unspecified atom stereocenters. The summed E-state index contributed by atoms with van der Waals surface area (Å²) < 4.78 is 5.57. The molecule has 0 aliphatic carbocycles. The van der Waals surface area contributed by atoms with Gasteiger partial charge in [-0.3, -0.25) is 4.79 Å². The fraction of sp³-hybridized carbons (Fsp3) is 0.846. The smallest absolute Gasteiger partial charge is 0.220 e. The number of carbonyl (C=O) groups is 1. The molecule has 0 aromatic heterocycles. The van der Waals surface area contributed by atoms with Gasteiger partial charge in [0.25, 0.3) is 0 Å². The number of nitrogens with zero attached hydrogens (tertiary/aromatic N) is 1. The summed E-state index contributed by atoms with van der Waals surface area (Å²) in [5.41, 5.74) is 0. The molecule has 17 heavy (non-hydrogen) atoms. The van der Waals surface area contributed by atoms with Crippen LogP contribution in [0.2, 0.25) is 0 Å². The molecule has 1 amide bonds. The number of amides is 1. The highest BCUT2D eigenvalue weighted by atomic mass is 16.5. The Kier molecular flexibility index (Phi) is 6.64. The van der Waals surface area contributed by atoms with Crippen LogP contribution in [-0.2, 0) is 9.53 Å². The molecular formula is C13H22N2O2. The van der Waals surface area contributed by atoms with Crippen LogP contribution in [0.4, 0.5) is 0 Å². The molecule has 4 nitrogen and oxygen atoms in total. The van der Waals surface area contributed by atoms with Gasteiger partial charge in [0.15, 0.2) is 0 Å². The van der Waals surface area contributed by atoms with E-state index in [1.807, 2.05) is 6.92 Å². The second-order valence-electron chi connectivity index (χ2n) is 4.56. The van der Waals surface area contributed by atoms with E-state index in [0.29, 0.717) is 12.8 Å². The van der Waals surface area contributed by atoms with Crippen LogP contribution in [0, 0.1) is 11.3 Å². The van der Waals surface area contributed by atoms with Gasteiger partial charge in [0.05, 0.1) is 18.6 Å². The van der Waals surface area contributed by atoms with Crippen molar-refractivity contribution in [1.29, 1.82) is 5.26 Å². The first kappa shape index (κ1) is 14.0. The summed E-state index contributed by atoms with van der Waals surface area (Å²) in [6.45, 7) is 2.81. The van der Waals surface area contributed by atoms with Crippen molar-refractivity contribution in [2.24, 2.45) is 0 Å². The summed E-state index contributed by atoms with van der Waals surface area (Å²) in [6.07, 6.45) is 6.18. The molecule has 0 saturated carbocycles. The maximum atomic E-state index is 11.7. The molecule has 4 heteroatoms. The third kappa shape index (κ3) is 5.69. The summed E-state index contributed by atoms with van der Waals surface area (Å²) in [5.74, 6) is 0.0428. The molecule has 96 valence electrons. The van der Waals surface area contributed by atoms with Crippen LogP contribution < -0.4 is 5.32 Å². The van der Waals surface area contributed by atoms with Crippen molar-refractivity contribution in [2.45, 2.75) is 64.0 Å². The maximum absolute atomic E-state index is 11.7. The lowest BCUT2D eigenvalue weighted by atomic mass is 10.0. The zero-order valence-corrected chi connectivity index (χ0v) is 10.6. The van der Waals surface area contributed by atoms with Crippen molar-refractivity contribution < 1.29 is 9.53 Å². The molecule has 1 N–H and O–H groups in total. The Hall–Kier alpha value is -1.08. The van der Waals surface area contributed by atoms with Crippen molar-refractivity contribution in [3.8, 4) is 6.07 Å². The Morgan fingerprint density at radius 3 is 3.00 bits per heavy atom. The number of nitrogens with one attached hydrogen (secondary N) is 1. The Morgan fingerprint density at radius 1 is 1.59 bits per heavy atom. The predicted molar refractivity (Wildman–Crippen MR) is 65.3 cm³/mol. The highest BCUT2D eigenvalue weighted by Gasteiger charge is 2.16. The SMILES string of the molecule is CCC(CC#N)NC(=O)CCC1CCCCO1. The van der Waals surface area contributed by atoms with E-state index in [9.17, 15) is 4.79 Å². The van der Waals surface area contributed by atoms with Gasteiger partial charge in [-0.1, -0.05) is 6.92 Å². The van der Waals surface area contributed by atoms with E-state index in [1.54, 1.807) is 0 Å². The van der Waals surface area contributed by atoms with E-state index in [0.717, 1.165) is 32.3 Å². The van der Waals surface area contributed by atoms with Gasteiger partial charge in [0.2, 0.25) is 5.91 Å². The minimum atomic E-state index is -0.000209. The molecular weight excluding hydrogens is 216 g/mol. The summed E-state index contributed by atoms with van der Waals surface area (Å²) in [7, 11) is 0.